The molecule has 1 aliphatic carbocycles. The van der Waals surface area contributed by atoms with Gasteiger partial charge in [0.15, 0.2) is 0 Å². The minimum atomic E-state index is -1.11. The van der Waals surface area contributed by atoms with E-state index in [-0.39, 0.29) is 41.3 Å². The van der Waals surface area contributed by atoms with E-state index in [9.17, 15) is 14.7 Å². The lowest BCUT2D eigenvalue weighted by molar-refractivity contribution is -0.140. The third kappa shape index (κ3) is 3.05. The van der Waals surface area contributed by atoms with Gasteiger partial charge in [-0.3, -0.25) is 10.1 Å². The molecule has 0 unspecified atom stereocenters. The molecule has 1 fully saturated rings. The number of nitrogens with one attached hydrogen (secondary N) is 1. The molecular formula is C19H14N4O7. The highest BCUT2D eigenvalue weighted by molar-refractivity contribution is 5.89. The molecule has 11 nitrogen and oxygen atoms in total. The molecule has 0 bridgehead atoms. The zero-order chi connectivity index (χ0) is 20.7. The molecule has 30 heavy (non-hydrogen) atoms. The number of hydrogen-bond donors (Lipinski definition) is 2. The van der Waals surface area contributed by atoms with E-state index in [0.29, 0.717) is 12.8 Å². The van der Waals surface area contributed by atoms with Gasteiger partial charge in [-0.1, -0.05) is 35.5 Å². The zero-order valence-corrected chi connectivity index (χ0v) is 15.3. The second-order valence-corrected chi connectivity index (χ2v) is 6.79. The summed E-state index contributed by atoms with van der Waals surface area (Å²) in [7, 11) is 0. The lowest BCUT2D eigenvalue weighted by Gasteiger charge is -2.05. The van der Waals surface area contributed by atoms with Gasteiger partial charge >= 0.3 is 17.8 Å². The molecule has 0 spiro atoms. The Kier molecular flexibility index (Phi) is 4.02. The summed E-state index contributed by atoms with van der Waals surface area (Å²) >= 11 is 0. The number of carboxylic acid groups (broad SMARTS) is 1. The van der Waals surface area contributed by atoms with Crippen molar-refractivity contribution >= 4 is 29.2 Å². The number of anilines is 1. The van der Waals surface area contributed by atoms with Gasteiger partial charge in [0.2, 0.25) is 17.3 Å². The summed E-state index contributed by atoms with van der Waals surface area (Å²) in [6.45, 7) is 0.0945. The lowest BCUT2D eigenvalue weighted by atomic mass is 10.1. The maximum Gasteiger partial charge on any atom is 0.412 e. The van der Waals surface area contributed by atoms with Crippen LogP contribution in [0.15, 0.2) is 49.9 Å². The third-order valence-corrected chi connectivity index (χ3v) is 4.76. The Hall–Kier alpha value is -4.15. The average molecular weight is 410 g/mol. The van der Waals surface area contributed by atoms with Crippen LogP contribution in [-0.4, -0.2) is 32.3 Å². The van der Waals surface area contributed by atoms with Crippen LogP contribution in [0.1, 0.15) is 24.3 Å². The van der Waals surface area contributed by atoms with Crippen molar-refractivity contribution in [2.75, 3.05) is 5.32 Å². The lowest BCUT2D eigenvalue weighted by Crippen LogP contribution is -2.19. The van der Waals surface area contributed by atoms with E-state index in [4.69, 9.17) is 18.1 Å². The fourth-order valence-electron chi connectivity index (χ4n) is 2.94. The number of carbonyl (C=O) groups excluding carboxylic acids is 1. The summed E-state index contributed by atoms with van der Waals surface area (Å²) in [4.78, 5) is 31.7. The van der Waals surface area contributed by atoms with Crippen molar-refractivity contribution in [2.45, 2.75) is 24.9 Å². The van der Waals surface area contributed by atoms with Crippen molar-refractivity contribution in [3.05, 3.63) is 48.0 Å². The molecule has 11 heteroatoms. The van der Waals surface area contributed by atoms with Crippen LogP contribution in [0.5, 0.6) is 0 Å². The number of aliphatic carboxylic acids is 1. The molecule has 5 rings (SSSR count). The van der Waals surface area contributed by atoms with Crippen molar-refractivity contribution in [1.29, 1.82) is 0 Å². The van der Waals surface area contributed by atoms with Gasteiger partial charge in [-0.15, -0.1) is 0 Å². The van der Waals surface area contributed by atoms with Crippen LogP contribution in [-0.2, 0) is 21.6 Å². The smallest absolute Gasteiger partial charge is 0.412 e. The highest BCUT2D eigenvalue weighted by Crippen LogP contribution is 2.48. The molecule has 0 aliphatic heterocycles. The number of nitrogens with zero attached hydrogens (tertiary/aromatic N) is 3. The molecule has 3 aromatic heterocycles. The van der Waals surface area contributed by atoms with E-state index in [1.807, 2.05) is 30.3 Å². The monoisotopic (exact) mass is 410 g/mol. The van der Waals surface area contributed by atoms with Crippen molar-refractivity contribution in [3.63, 3.8) is 0 Å². The standard InChI is InChI=1S/C19H14N4O7/c24-17(25)19(6-7-19)16-23-13-15(29-16)28-14(22-13)12-11(8-20-30-12)21-18(26)27-9-10-4-2-1-3-5-10/h1-5,8H,6-7,9H2,(H,21,26)(H,24,25). The van der Waals surface area contributed by atoms with Crippen LogP contribution in [0.2, 0.25) is 0 Å². The van der Waals surface area contributed by atoms with E-state index >= 15 is 0 Å². The minimum absolute atomic E-state index is 0.0289. The van der Waals surface area contributed by atoms with E-state index in [0.717, 1.165) is 5.56 Å². The summed E-state index contributed by atoms with van der Waals surface area (Å²) in [5.74, 6) is -0.966. The van der Waals surface area contributed by atoms with Crippen molar-refractivity contribution in [3.8, 4) is 11.7 Å². The number of rotatable bonds is 6. The minimum Gasteiger partial charge on any atom is -0.480 e. The van der Waals surface area contributed by atoms with E-state index in [1.165, 1.54) is 6.20 Å². The first-order chi connectivity index (χ1) is 14.5. The summed E-state index contributed by atoms with van der Waals surface area (Å²) in [5, 5.41) is 15.5. The first-order valence-corrected chi connectivity index (χ1v) is 8.99. The average Bonchev–Trinajstić information content (AvgIpc) is 3.04. The molecule has 0 saturated heterocycles. The van der Waals surface area contributed by atoms with E-state index in [2.05, 4.69) is 20.4 Å². The molecule has 0 atom stereocenters. The number of oxazole rings is 2. The summed E-state index contributed by atoms with van der Waals surface area (Å²) < 4.78 is 21.2. The second-order valence-electron chi connectivity index (χ2n) is 6.79. The molecule has 1 aliphatic rings. The molecule has 0 radical (unpaired) electrons. The van der Waals surface area contributed by atoms with Crippen molar-refractivity contribution < 1.29 is 32.8 Å². The van der Waals surface area contributed by atoms with Gasteiger partial charge in [-0.05, 0) is 18.4 Å². The number of benzene rings is 1. The number of carbonyl (C=O) groups is 2. The van der Waals surface area contributed by atoms with Gasteiger partial charge in [-0.2, -0.15) is 9.97 Å². The quantitative estimate of drug-likeness (QED) is 0.483. The number of amides is 1. The Morgan fingerprint density at radius 3 is 2.67 bits per heavy atom. The van der Waals surface area contributed by atoms with Gasteiger partial charge in [0.1, 0.15) is 17.7 Å². The normalized spacial score (nSPS) is 14.5. The number of ether oxygens (including phenoxy) is 1. The van der Waals surface area contributed by atoms with Gasteiger partial charge in [0.25, 0.3) is 5.89 Å². The Morgan fingerprint density at radius 1 is 1.17 bits per heavy atom. The number of aromatic nitrogens is 3. The van der Waals surface area contributed by atoms with Crippen LogP contribution < -0.4 is 5.32 Å². The van der Waals surface area contributed by atoms with Gasteiger partial charge in [0.05, 0.1) is 6.20 Å². The molecular weight excluding hydrogens is 396 g/mol. The molecule has 4 aromatic rings. The third-order valence-electron chi connectivity index (χ3n) is 4.76. The number of hydrogen-bond acceptors (Lipinski definition) is 9. The largest absolute Gasteiger partial charge is 0.480 e. The van der Waals surface area contributed by atoms with Crippen LogP contribution >= 0.6 is 0 Å². The van der Waals surface area contributed by atoms with E-state index in [1.54, 1.807) is 0 Å². The second kappa shape index (κ2) is 6.72. The molecule has 1 saturated carbocycles. The molecule has 1 aromatic carbocycles. The Bertz CT molecular complexity index is 1200. The molecule has 152 valence electrons. The summed E-state index contributed by atoms with van der Waals surface area (Å²) in [6, 6.07) is 9.21. The van der Waals surface area contributed by atoms with E-state index < -0.39 is 17.5 Å². The Balaban J connectivity index is 1.32. The van der Waals surface area contributed by atoms with Crippen LogP contribution in [0.25, 0.3) is 23.1 Å². The highest BCUT2D eigenvalue weighted by Gasteiger charge is 2.56. The Morgan fingerprint density at radius 2 is 1.97 bits per heavy atom. The fourth-order valence-corrected chi connectivity index (χ4v) is 2.94. The number of carboxylic acids is 1. The topological polar surface area (TPSA) is 154 Å². The summed E-state index contributed by atoms with van der Waals surface area (Å²) in [6.07, 6.45) is 1.45. The SMILES string of the molecule is O=C(Nc1cnoc1-c1nc2nc(C3(C(=O)O)CC3)oc2o1)OCc1ccccc1. The van der Waals surface area contributed by atoms with Crippen LogP contribution in [0.3, 0.4) is 0 Å². The zero-order valence-electron chi connectivity index (χ0n) is 15.3. The predicted molar refractivity (Wildman–Crippen MR) is 98.4 cm³/mol. The summed E-state index contributed by atoms with van der Waals surface area (Å²) in [5.41, 5.74) is 0.0102. The van der Waals surface area contributed by atoms with Gasteiger partial charge < -0.3 is 23.2 Å². The molecule has 2 N–H and O–H groups in total. The number of fused-ring (bicyclic) bond motifs is 1. The molecule has 3 heterocycles. The first-order valence-electron chi connectivity index (χ1n) is 8.99. The maximum atomic E-state index is 12.1. The fraction of sp³-hybridized carbons (Fsp3) is 0.211. The maximum absolute atomic E-state index is 12.1. The van der Waals surface area contributed by atoms with Gasteiger partial charge in [0, 0.05) is 0 Å². The van der Waals surface area contributed by atoms with Crippen molar-refractivity contribution in [2.24, 2.45) is 0 Å². The van der Waals surface area contributed by atoms with Gasteiger partial charge in [-0.25, -0.2) is 4.79 Å². The first kappa shape index (κ1) is 17.9. The predicted octanol–water partition coefficient (Wildman–Crippen LogP) is 3.34. The highest BCUT2D eigenvalue weighted by atomic mass is 16.5. The van der Waals surface area contributed by atoms with Crippen molar-refractivity contribution in [1.82, 2.24) is 15.1 Å². The molecule has 1 amide bonds. The Labute approximate surface area is 167 Å². The van der Waals surface area contributed by atoms with Crippen LogP contribution in [0.4, 0.5) is 10.5 Å². The van der Waals surface area contributed by atoms with Crippen LogP contribution in [0, 0.1) is 0 Å².